The lowest BCUT2D eigenvalue weighted by Gasteiger charge is -2.26. The van der Waals surface area contributed by atoms with E-state index in [1.54, 1.807) is 24.1 Å². The van der Waals surface area contributed by atoms with Gasteiger partial charge in [-0.05, 0) is 24.6 Å². The molecule has 94 valence electrons. The van der Waals surface area contributed by atoms with Crippen molar-refractivity contribution in [2.75, 3.05) is 13.6 Å². The predicted molar refractivity (Wildman–Crippen MR) is 71.3 cm³/mol. The van der Waals surface area contributed by atoms with E-state index in [1.807, 2.05) is 13.0 Å². The highest BCUT2D eigenvalue weighted by atomic mass is 35.5. The molecule has 0 aromatic heterocycles. The summed E-state index contributed by atoms with van der Waals surface area (Å²) in [4.78, 5) is 13.4. The van der Waals surface area contributed by atoms with E-state index >= 15 is 0 Å². The van der Waals surface area contributed by atoms with E-state index in [1.165, 1.54) is 0 Å². The van der Waals surface area contributed by atoms with Gasteiger partial charge in [-0.2, -0.15) is 0 Å². The minimum Gasteiger partial charge on any atom is -0.339 e. The monoisotopic (exact) mass is 274 g/mol. The Morgan fingerprint density at radius 3 is 2.65 bits per heavy atom. The molecule has 2 N–H and O–H groups in total. The fourth-order valence-electron chi connectivity index (χ4n) is 1.56. The Balaban J connectivity index is 2.88. The van der Waals surface area contributed by atoms with Crippen LogP contribution in [0.1, 0.15) is 24.9 Å². The van der Waals surface area contributed by atoms with E-state index in [0.717, 1.165) is 5.56 Å². The second-order valence-electron chi connectivity index (χ2n) is 3.89. The molecular weight excluding hydrogens is 259 g/mol. The Hall–Kier alpha value is -0.770. The Labute approximate surface area is 111 Å². The molecule has 0 spiro atoms. The van der Waals surface area contributed by atoms with Crippen LogP contribution < -0.4 is 5.73 Å². The topological polar surface area (TPSA) is 46.3 Å². The van der Waals surface area contributed by atoms with E-state index in [-0.39, 0.29) is 11.9 Å². The third-order valence-electron chi connectivity index (χ3n) is 2.75. The normalized spacial score (nSPS) is 12.3. The van der Waals surface area contributed by atoms with Gasteiger partial charge in [0, 0.05) is 30.1 Å². The second kappa shape index (κ2) is 6.24. The van der Waals surface area contributed by atoms with Gasteiger partial charge in [-0.15, -0.1) is 0 Å². The number of carbonyl (C=O) groups excluding carboxylic acids is 1. The van der Waals surface area contributed by atoms with Crippen molar-refractivity contribution in [3.63, 3.8) is 0 Å². The van der Waals surface area contributed by atoms with Crippen LogP contribution in [-0.2, 0) is 4.79 Å². The molecule has 0 aliphatic rings. The molecule has 1 amide bonds. The predicted octanol–water partition coefficient (Wildman–Crippen LogP) is 2.86. The number of halogens is 2. The minimum atomic E-state index is -0.0983. The summed E-state index contributed by atoms with van der Waals surface area (Å²) in [6, 6.07) is 5.18. The van der Waals surface area contributed by atoms with E-state index in [9.17, 15) is 4.79 Å². The molecular formula is C12H16Cl2N2O. The number of hydrogen-bond acceptors (Lipinski definition) is 2. The SMILES string of the molecule is CC(c1ccc(Cl)cc1Cl)N(C)C(=O)CCN. The summed E-state index contributed by atoms with van der Waals surface area (Å²) < 4.78 is 0. The fraction of sp³-hybridized carbons (Fsp3) is 0.417. The summed E-state index contributed by atoms with van der Waals surface area (Å²) in [6.07, 6.45) is 0.339. The van der Waals surface area contributed by atoms with Crippen LogP contribution in [0.5, 0.6) is 0 Å². The van der Waals surface area contributed by atoms with Crippen molar-refractivity contribution in [1.29, 1.82) is 0 Å². The van der Waals surface area contributed by atoms with Crippen molar-refractivity contribution in [2.24, 2.45) is 5.73 Å². The number of nitrogens with zero attached hydrogens (tertiary/aromatic N) is 1. The Morgan fingerprint density at radius 2 is 2.12 bits per heavy atom. The lowest BCUT2D eigenvalue weighted by atomic mass is 10.1. The average Bonchev–Trinajstić information content (AvgIpc) is 2.27. The highest BCUT2D eigenvalue weighted by Gasteiger charge is 2.18. The Kier molecular flexibility index (Phi) is 5.25. The van der Waals surface area contributed by atoms with Gasteiger partial charge in [-0.3, -0.25) is 4.79 Å². The van der Waals surface area contributed by atoms with Crippen LogP contribution in [0, 0.1) is 0 Å². The van der Waals surface area contributed by atoms with Crippen LogP contribution >= 0.6 is 23.2 Å². The zero-order valence-electron chi connectivity index (χ0n) is 9.91. The molecule has 0 saturated heterocycles. The van der Waals surface area contributed by atoms with E-state index < -0.39 is 0 Å². The summed E-state index contributed by atoms with van der Waals surface area (Å²) in [6.45, 7) is 2.27. The van der Waals surface area contributed by atoms with Gasteiger partial charge in [0.25, 0.3) is 0 Å². The van der Waals surface area contributed by atoms with Gasteiger partial charge in [-0.25, -0.2) is 0 Å². The minimum absolute atomic E-state index is 0.00557. The third-order valence-corrected chi connectivity index (χ3v) is 3.31. The van der Waals surface area contributed by atoms with Crippen molar-refractivity contribution >= 4 is 29.1 Å². The standard InChI is InChI=1S/C12H16Cl2N2O/c1-8(16(2)12(17)5-6-15)10-4-3-9(13)7-11(10)14/h3-4,7-8H,5-6,15H2,1-2H3. The molecule has 1 rings (SSSR count). The molecule has 3 nitrogen and oxygen atoms in total. The summed E-state index contributed by atoms with van der Waals surface area (Å²) in [5.41, 5.74) is 6.24. The molecule has 1 aromatic rings. The van der Waals surface area contributed by atoms with Crippen LogP contribution in [0.4, 0.5) is 0 Å². The number of rotatable bonds is 4. The first-order chi connectivity index (χ1) is 7.97. The molecule has 0 saturated carbocycles. The van der Waals surface area contributed by atoms with Crippen molar-refractivity contribution in [2.45, 2.75) is 19.4 Å². The number of amides is 1. The summed E-state index contributed by atoms with van der Waals surface area (Å²) in [7, 11) is 1.74. The Morgan fingerprint density at radius 1 is 1.47 bits per heavy atom. The third kappa shape index (κ3) is 3.60. The Bertz CT molecular complexity index is 409. The molecule has 5 heteroatoms. The smallest absolute Gasteiger partial charge is 0.224 e. The van der Waals surface area contributed by atoms with E-state index in [4.69, 9.17) is 28.9 Å². The van der Waals surface area contributed by atoms with Gasteiger partial charge in [0.15, 0.2) is 0 Å². The maximum atomic E-state index is 11.7. The summed E-state index contributed by atoms with van der Waals surface area (Å²) in [5, 5.41) is 1.15. The number of benzene rings is 1. The molecule has 0 aliphatic heterocycles. The lowest BCUT2D eigenvalue weighted by molar-refractivity contribution is -0.131. The molecule has 17 heavy (non-hydrogen) atoms. The molecule has 0 fully saturated rings. The van der Waals surface area contributed by atoms with Crippen LogP contribution in [-0.4, -0.2) is 24.4 Å². The quantitative estimate of drug-likeness (QED) is 0.918. The molecule has 1 unspecified atom stereocenters. The van der Waals surface area contributed by atoms with Crippen molar-refractivity contribution in [3.8, 4) is 0 Å². The zero-order chi connectivity index (χ0) is 13.0. The van der Waals surface area contributed by atoms with Gasteiger partial charge < -0.3 is 10.6 Å². The van der Waals surface area contributed by atoms with Crippen molar-refractivity contribution in [1.82, 2.24) is 4.90 Å². The van der Waals surface area contributed by atoms with E-state index in [2.05, 4.69) is 0 Å². The highest BCUT2D eigenvalue weighted by molar-refractivity contribution is 6.35. The first-order valence-electron chi connectivity index (χ1n) is 5.38. The van der Waals surface area contributed by atoms with Gasteiger partial charge >= 0.3 is 0 Å². The lowest BCUT2D eigenvalue weighted by Crippen LogP contribution is -2.31. The van der Waals surface area contributed by atoms with Gasteiger partial charge in [0.05, 0.1) is 6.04 Å². The first kappa shape index (κ1) is 14.3. The van der Waals surface area contributed by atoms with Crippen LogP contribution in [0.15, 0.2) is 18.2 Å². The average molecular weight is 275 g/mol. The molecule has 0 bridgehead atoms. The number of hydrogen-bond donors (Lipinski definition) is 1. The molecule has 0 radical (unpaired) electrons. The summed E-state index contributed by atoms with van der Waals surface area (Å²) in [5.74, 6) is 0.00557. The van der Waals surface area contributed by atoms with E-state index in [0.29, 0.717) is 23.0 Å². The highest BCUT2D eigenvalue weighted by Crippen LogP contribution is 2.29. The fourth-order valence-corrected chi connectivity index (χ4v) is 2.13. The molecule has 1 aromatic carbocycles. The zero-order valence-corrected chi connectivity index (χ0v) is 11.4. The molecule has 0 aliphatic carbocycles. The van der Waals surface area contributed by atoms with Gasteiger partial charge in [-0.1, -0.05) is 29.3 Å². The van der Waals surface area contributed by atoms with Crippen LogP contribution in [0.2, 0.25) is 10.0 Å². The maximum Gasteiger partial charge on any atom is 0.224 e. The maximum absolute atomic E-state index is 11.7. The largest absolute Gasteiger partial charge is 0.339 e. The van der Waals surface area contributed by atoms with Crippen molar-refractivity contribution < 1.29 is 4.79 Å². The first-order valence-corrected chi connectivity index (χ1v) is 6.13. The number of nitrogens with two attached hydrogens (primary N) is 1. The second-order valence-corrected chi connectivity index (χ2v) is 4.73. The van der Waals surface area contributed by atoms with Gasteiger partial charge in [0.2, 0.25) is 5.91 Å². The van der Waals surface area contributed by atoms with Crippen molar-refractivity contribution in [3.05, 3.63) is 33.8 Å². The molecule has 1 atom stereocenters. The van der Waals surface area contributed by atoms with Gasteiger partial charge in [0.1, 0.15) is 0 Å². The number of carbonyl (C=O) groups is 1. The van der Waals surface area contributed by atoms with Crippen LogP contribution in [0.25, 0.3) is 0 Å². The van der Waals surface area contributed by atoms with Crippen LogP contribution in [0.3, 0.4) is 0 Å². The molecule has 0 heterocycles. The summed E-state index contributed by atoms with van der Waals surface area (Å²) >= 11 is 11.9.